The van der Waals surface area contributed by atoms with Gasteiger partial charge in [0.15, 0.2) is 0 Å². The van der Waals surface area contributed by atoms with Gasteiger partial charge in [0.1, 0.15) is 5.75 Å². The zero-order chi connectivity index (χ0) is 10.8. The Morgan fingerprint density at radius 1 is 1.29 bits per heavy atom. The fourth-order valence-corrected chi connectivity index (χ4v) is 1.22. The van der Waals surface area contributed by atoms with Crippen LogP contribution >= 0.6 is 11.6 Å². The van der Waals surface area contributed by atoms with Crippen LogP contribution in [0.4, 0.5) is 3.89 Å². The number of hydrogen-bond donors (Lipinski definition) is 0. The van der Waals surface area contributed by atoms with Crippen molar-refractivity contribution in [2.75, 3.05) is 0 Å². The summed E-state index contributed by atoms with van der Waals surface area (Å²) in [6.45, 7) is 0. The van der Waals surface area contributed by atoms with Gasteiger partial charge in [0.25, 0.3) is 5.24 Å². The maximum absolute atomic E-state index is 12.0. The van der Waals surface area contributed by atoms with Crippen molar-refractivity contribution in [1.29, 1.82) is 0 Å². The smallest absolute Gasteiger partial charge is 0.358 e. The van der Waals surface area contributed by atoms with Gasteiger partial charge in [0, 0.05) is 5.56 Å². The van der Waals surface area contributed by atoms with Gasteiger partial charge in [-0.1, -0.05) is 3.89 Å². The van der Waals surface area contributed by atoms with E-state index in [2.05, 4.69) is 4.18 Å². The number of carbonyl (C=O) groups is 1. The van der Waals surface area contributed by atoms with Gasteiger partial charge in [-0.3, -0.25) is 4.79 Å². The molecule has 1 aromatic carbocycles. The molecule has 0 unspecified atom stereocenters. The standard InChI is InChI=1S/C7H4ClFO4S/c8-7(10)5-1-3-6(4-2-5)13-14(9,11)12/h1-4H. The van der Waals surface area contributed by atoms with Crippen LogP contribution in [0.3, 0.4) is 0 Å². The lowest BCUT2D eigenvalue weighted by molar-refractivity contribution is 0.108. The van der Waals surface area contributed by atoms with Crippen molar-refractivity contribution in [2.45, 2.75) is 0 Å². The molecule has 0 fully saturated rings. The fourth-order valence-electron chi connectivity index (χ4n) is 0.756. The highest BCUT2D eigenvalue weighted by molar-refractivity contribution is 7.81. The second-order valence-electron chi connectivity index (χ2n) is 2.27. The van der Waals surface area contributed by atoms with Crippen LogP contribution in [0, 0.1) is 0 Å². The zero-order valence-electron chi connectivity index (χ0n) is 6.61. The van der Waals surface area contributed by atoms with Crippen LogP contribution < -0.4 is 4.18 Å². The van der Waals surface area contributed by atoms with Crippen molar-refractivity contribution in [3.05, 3.63) is 29.8 Å². The molecule has 0 bridgehead atoms. The molecule has 1 aromatic rings. The zero-order valence-corrected chi connectivity index (χ0v) is 8.18. The van der Waals surface area contributed by atoms with Crippen molar-refractivity contribution in [2.24, 2.45) is 0 Å². The Morgan fingerprint density at radius 3 is 2.14 bits per heavy atom. The minimum absolute atomic E-state index is 0.162. The second kappa shape index (κ2) is 3.93. The third-order valence-corrected chi connectivity index (χ3v) is 1.89. The number of hydrogen-bond acceptors (Lipinski definition) is 4. The molecular formula is C7H4ClFO4S. The third kappa shape index (κ3) is 3.31. The van der Waals surface area contributed by atoms with E-state index in [4.69, 9.17) is 11.6 Å². The average molecular weight is 239 g/mol. The molecule has 4 nitrogen and oxygen atoms in total. The van der Waals surface area contributed by atoms with Gasteiger partial charge in [0.2, 0.25) is 0 Å². The maximum atomic E-state index is 12.0. The Balaban J connectivity index is 2.90. The maximum Gasteiger partial charge on any atom is 0.488 e. The lowest BCUT2D eigenvalue weighted by atomic mass is 10.2. The molecule has 0 saturated heterocycles. The van der Waals surface area contributed by atoms with Gasteiger partial charge in [-0.25, -0.2) is 0 Å². The van der Waals surface area contributed by atoms with Gasteiger partial charge < -0.3 is 4.18 Å². The topological polar surface area (TPSA) is 60.4 Å². The number of benzene rings is 1. The van der Waals surface area contributed by atoms with Crippen molar-refractivity contribution in [3.63, 3.8) is 0 Å². The first-order valence-electron chi connectivity index (χ1n) is 3.32. The Labute approximate surface area is 84.7 Å². The van der Waals surface area contributed by atoms with Crippen molar-refractivity contribution < 1.29 is 21.3 Å². The molecule has 0 aliphatic heterocycles. The summed E-state index contributed by atoms with van der Waals surface area (Å²) in [5, 5.41) is -0.695. The number of halogens is 2. The van der Waals surface area contributed by atoms with Crippen LogP contribution in [-0.4, -0.2) is 13.7 Å². The highest BCUT2D eigenvalue weighted by Gasteiger charge is 2.09. The molecule has 0 saturated carbocycles. The Bertz CT molecular complexity index is 439. The van der Waals surface area contributed by atoms with Crippen LogP contribution in [0.25, 0.3) is 0 Å². The van der Waals surface area contributed by atoms with Gasteiger partial charge in [-0.15, -0.1) is 0 Å². The van der Waals surface area contributed by atoms with Crippen LogP contribution in [0.5, 0.6) is 5.75 Å². The molecule has 0 spiro atoms. The Hall–Kier alpha value is -1.14. The average Bonchev–Trinajstić information content (AvgIpc) is 2.02. The van der Waals surface area contributed by atoms with E-state index in [1.54, 1.807) is 0 Å². The molecular weight excluding hydrogens is 235 g/mol. The van der Waals surface area contributed by atoms with Crippen LogP contribution in [0.15, 0.2) is 24.3 Å². The molecule has 7 heteroatoms. The summed E-state index contributed by atoms with van der Waals surface area (Å²) in [7, 11) is -5.03. The first-order valence-corrected chi connectivity index (χ1v) is 5.01. The molecule has 76 valence electrons. The minimum Gasteiger partial charge on any atom is -0.358 e. The second-order valence-corrected chi connectivity index (χ2v) is 3.57. The van der Waals surface area contributed by atoms with Gasteiger partial charge >= 0.3 is 10.5 Å². The van der Waals surface area contributed by atoms with E-state index in [-0.39, 0.29) is 11.3 Å². The minimum atomic E-state index is -5.03. The molecule has 0 aromatic heterocycles. The van der Waals surface area contributed by atoms with Crippen LogP contribution in [0.2, 0.25) is 0 Å². The summed E-state index contributed by atoms with van der Waals surface area (Å²) < 4.78 is 36.0. The van der Waals surface area contributed by atoms with E-state index in [0.717, 1.165) is 12.1 Å². The van der Waals surface area contributed by atoms with Gasteiger partial charge in [-0.2, -0.15) is 8.42 Å². The van der Waals surface area contributed by atoms with Crippen molar-refractivity contribution >= 4 is 27.3 Å². The van der Waals surface area contributed by atoms with E-state index in [1.807, 2.05) is 0 Å². The predicted octanol–water partition coefficient (Wildman–Crippen LogP) is 1.66. The summed E-state index contributed by atoms with van der Waals surface area (Å²) in [5.74, 6) is -0.228. The summed E-state index contributed by atoms with van der Waals surface area (Å²) in [5.41, 5.74) is 0.162. The quantitative estimate of drug-likeness (QED) is 0.752. The summed E-state index contributed by atoms with van der Waals surface area (Å²) >= 11 is 5.12. The lowest BCUT2D eigenvalue weighted by Crippen LogP contribution is -2.01. The molecule has 0 amide bonds. The van der Waals surface area contributed by atoms with Crippen molar-refractivity contribution in [3.8, 4) is 5.75 Å². The number of carbonyl (C=O) groups excluding carboxylic acids is 1. The lowest BCUT2D eigenvalue weighted by Gasteiger charge is -1.99. The first kappa shape index (κ1) is 10.9. The number of rotatable bonds is 3. The van der Waals surface area contributed by atoms with E-state index in [9.17, 15) is 17.1 Å². The Kier molecular flexibility index (Phi) is 3.07. The molecule has 14 heavy (non-hydrogen) atoms. The molecule has 0 N–H and O–H groups in total. The molecule has 1 rings (SSSR count). The molecule has 0 atom stereocenters. The molecule has 0 aliphatic carbocycles. The SMILES string of the molecule is O=C(Cl)c1ccc(OS(=O)(=O)F)cc1. The van der Waals surface area contributed by atoms with E-state index >= 15 is 0 Å². The van der Waals surface area contributed by atoms with E-state index in [0.29, 0.717) is 0 Å². The molecule has 0 radical (unpaired) electrons. The summed E-state index contributed by atoms with van der Waals surface area (Å²) in [6.07, 6.45) is 0. The van der Waals surface area contributed by atoms with E-state index < -0.39 is 15.7 Å². The third-order valence-electron chi connectivity index (χ3n) is 1.28. The van der Waals surface area contributed by atoms with Crippen molar-refractivity contribution in [1.82, 2.24) is 0 Å². The fraction of sp³-hybridized carbons (Fsp3) is 0. The highest BCUT2D eigenvalue weighted by Crippen LogP contribution is 2.15. The summed E-state index contributed by atoms with van der Waals surface area (Å²) in [4.78, 5) is 10.6. The van der Waals surface area contributed by atoms with E-state index in [1.165, 1.54) is 12.1 Å². The summed E-state index contributed by atoms with van der Waals surface area (Å²) in [6, 6.07) is 4.67. The van der Waals surface area contributed by atoms with Crippen LogP contribution in [-0.2, 0) is 10.5 Å². The molecule has 0 heterocycles. The first-order chi connectivity index (χ1) is 6.38. The Morgan fingerprint density at radius 2 is 1.79 bits per heavy atom. The normalized spacial score (nSPS) is 11.0. The van der Waals surface area contributed by atoms with Gasteiger partial charge in [-0.05, 0) is 35.9 Å². The monoisotopic (exact) mass is 238 g/mol. The van der Waals surface area contributed by atoms with Crippen LogP contribution in [0.1, 0.15) is 10.4 Å². The predicted molar refractivity (Wildman–Crippen MR) is 47.3 cm³/mol. The molecule has 0 aliphatic rings. The van der Waals surface area contributed by atoms with Gasteiger partial charge in [0.05, 0.1) is 0 Å². The highest BCUT2D eigenvalue weighted by atomic mass is 35.5. The largest absolute Gasteiger partial charge is 0.488 e.